The first-order valence-corrected chi connectivity index (χ1v) is 7.17. The van der Waals surface area contributed by atoms with Gasteiger partial charge in [0.25, 0.3) is 0 Å². The van der Waals surface area contributed by atoms with Gasteiger partial charge < -0.3 is 15.4 Å². The summed E-state index contributed by atoms with van der Waals surface area (Å²) in [6.07, 6.45) is 0.797. The molecule has 5 nitrogen and oxygen atoms in total. The van der Waals surface area contributed by atoms with Crippen LogP contribution in [0.5, 0.6) is 0 Å². The van der Waals surface area contributed by atoms with Crippen molar-refractivity contribution in [2.24, 2.45) is 5.73 Å². The van der Waals surface area contributed by atoms with Crippen LogP contribution in [0.2, 0.25) is 0 Å². The average molecular weight is 277 g/mol. The van der Waals surface area contributed by atoms with Crippen molar-refractivity contribution in [1.29, 1.82) is 0 Å². The molecular formula is C15H23N3O2. The molecule has 0 aliphatic carbocycles. The van der Waals surface area contributed by atoms with Gasteiger partial charge in [-0.05, 0) is 25.1 Å². The molecule has 0 saturated carbocycles. The van der Waals surface area contributed by atoms with Crippen molar-refractivity contribution in [2.75, 3.05) is 39.3 Å². The van der Waals surface area contributed by atoms with Gasteiger partial charge in [0.05, 0.1) is 0 Å². The van der Waals surface area contributed by atoms with Crippen LogP contribution in [0.3, 0.4) is 0 Å². The number of rotatable bonds is 5. The summed E-state index contributed by atoms with van der Waals surface area (Å²) in [4.78, 5) is 16.1. The molecule has 0 bridgehead atoms. The minimum absolute atomic E-state index is 0.215. The molecule has 0 atom stereocenters. The number of hydrogen-bond acceptors (Lipinski definition) is 4. The summed E-state index contributed by atoms with van der Waals surface area (Å²) >= 11 is 0. The fourth-order valence-corrected chi connectivity index (χ4v) is 2.28. The molecular weight excluding hydrogens is 254 g/mol. The zero-order valence-electron chi connectivity index (χ0n) is 11.8. The first kappa shape index (κ1) is 14.8. The predicted molar refractivity (Wildman–Crippen MR) is 78.3 cm³/mol. The van der Waals surface area contributed by atoms with E-state index in [1.54, 1.807) is 4.90 Å². The number of benzene rings is 1. The van der Waals surface area contributed by atoms with Gasteiger partial charge in [-0.2, -0.15) is 0 Å². The van der Waals surface area contributed by atoms with Gasteiger partial charge in [0.2, 0.25) is 0 Å². The Labute approximate surface area is 120 Å². The number of hydrogen-bond donors (Lipinski definition) is 1. The highest BCUT2D eigenvalue weighted by molar-refractivity contribution is 5.67. The van der Waals surface area contributed by atoms with E-state index in [4.69, 9.17) is 10.5 Å². The molecule has 1 aromatic rings. The third kappa shape index (κ3) is 4.51. The van der Waals surface area contributed by atoms with Gasteiger partial charge >= 0.3 is 6.09 Å². The van der Waals surface area contributed by atoms with Crippen LogP contribution >= 0.6 is 0 Å². The van der Waals surface area contributed by atoms with Gasteiger partial charge in [-0.1, -0.05) is 30.3 Å². The van der Waals surface area contributed by atoms with Gasteiger partial charge in [-0.3, -0.25) is 4.90 Å². The zero-order chi connectivity index (χ0) is 14.2. The van der Waals surface area contributed by atoms with Crippen LogP contribution in [0.25, 0.3) is 0 Å². The second kappa shape index (κ2) is 7.87. The van der Waals surface area contributed by atoms with Crippen molar-refractivity contribution in [3.05, 3.63) is 35.9 Å². The van der Waals surface area contributed by atoms with Gasteiger partial charge in [0.15, 0.2) is 0 Å². The SMILES string of the molecule is NCCCN1CCN(C(=O)OCc2ccccc2)CC1. The third-order valence-electron chi connectivity index (χ3n) is 3.51. The maximum absolute atomic E-state index is 12.0. The third-order valence-corrected chi connectivity index (χ3v) is 3.51. The fourth-order valence-electron chi connectivity index (χ4n) is 2.28. The molecule has 110 valence electrons. The lowest BCUT2D eigenvalue weighted by Gasteiger charge is -2.33. The quantitative estimate of drug-likeness (QED) is 0.881. The summed E-state index contributed by atoms with van der Waals surface area (Å²) < 4.78 is 5.33. The topological polar surface area (TPSA) is 58.8 Å². The normalized spacial score (nSPS) is 16.1. The van der Waals surface area contributed by atoms with Gasteiger partial charge in [0, 0.05) is 26.2 Å². The van der Waals surface area contributed by atoms with E-state index in [0.29, 0.717) is 6.61 Å². The molecule has 1 aromatic carbocycles. The molecule has 1 heterocycles. The summed E-state index contributed by atoms with van der Waals surface area (Å²) in [5.74, 6) is 0. The molecule has 0 aromatic heterocycles. The number of nitrogens with zero attached hydrogens (tertiary/aromatic N) is 2. The van der Waals surface area contributed by atoms with Crippen molar-refractivity contribution in [3.8, 4) is 0 Å². The smallest absolute Gasteiger partial charge is 0.410 e. The monoisotopic (exact) mass is 277 g/mol. The number of carbonyl (C=O) groups is 1. The first-order chi connectivity index (χ1) is 9.79. The van der Waals surface area contributed by atoms with Crippen molar-refractivity contribution in [1.82, 2.24) is 9.80 Å². The van der Waals surface area contributed by atoms with Crippen molar-refractivity contribution < 1.29 is 9.53 Å². The standard InChI is InChI=1S/C15H23N3O2/c16-7-4-8-17-9-11-18(12-10-17)15(19)20-13-14-5-2-1-3-6-14/h1-3,5-6H,4,7-13,16H2. The highest BCUT2D eigenvalue weighted by Gasteiger charge is 2.21. The molecule has 1 saturated heterocycles. The number of piperazine rings is 1. The summed E-state index contributed by atoms with van der Waals surface area (Å²) in [5, 5.41) is 0. The van der Waals surface area contributed by atoms with Gasteiger partial charge in [-0.25, -0.2) is 4.79 Å². The maximum atomic E-state index is 12.0. The predicted octanol–water partition coefficient (Wildman–Crippen LogP) is 1.29. The van der Waals surface area contributed by atoms with Gasteiger partial charge in [0.1, 0.15) is 6.61 Å². The first-order valence-electron chi connectivity index (χ1n) is 7.17. The lowest BCUT2D eigenvalue weighted by atomic mass is 10.2. The molecule has 2 rings (SSSR count). The van der Waals surface area contributed by atoms with Crippen LogP contribution < -0.4 is 5.73 Å². The van der Waals surface area contributed by atoms with Crippen LogP contribution in [0.15, 0.2) is 30.3 Å². The Morgan fingerprint density at radius 1 is 1.15 bits per heavy atom. The summed E-state index contributed by atoms with van der Waals surface area (Å²) in [7, 11) is 0. The number of ether oxygens (including phenoxy) is 1. The van der Waals surface area contributed by atoms with Gasteiger partial charge in [-0.15, -0.1) is 0 Å². The largest absolute Gasteiger partial charge is 0.445 e. The average Bonchev–Trinajstić information content (AvgIpc) is 2.52. The van der Waals surface area contributed by atoms with E-state index in [9.17, 15) is 4.79 Å². The van der Waals surface area contributed by atoms with Crippen LogP contribution in [0, 0.1) is 0 Å². The molecule has 5 heteroatoms. The maximum Gasteiger partial charge on any atom is 0.410 e. The molecule has 1 amide bonds. The number of carbonyl (C=O) groups excluding carboxylic acids is 1. The van der Waals surface area contributed by atoms with Crippen molar-refractivity contribution in [3.63, 3.8) is 0 Å². The Kier molecular flexibility index (Phi) is 5.83. The minimum Gasteiger partial charge on any atom is -0.445 e. The summed E-state index contributed by atoms with van der Waals surface area (Å²) in [6.45, 7) is 5.35. The highest BCUT2D eigenvalue weighted by atomic mass is 16.6. The summed E-state index contributed by atoms with van der Waals surface area (Å²) in [5.41, 5.74) is 6.52. The van der Waals surface area contributed by atoms with Crippen molar-refractivity contribution >= 4 is 6.09 Å². The van der Waals surface area contributed by atoms with E-state index < -0.39 is 0 Å². The Bertz CT molecular complexity index is 403. The Balaban J connectivity index is 1.69. The molecule has 0 radical (unpaired) electrons. The molecule has 0 unspecified atom stereocenters. The lowest BCUT2D eigenvalue weighted by molar-refractivity contribution is 0.0716. The molecule has 1 aliphatic rings. The lowest BCUT2D eigenvalue weighted by Crippen LogP contribution is -2.49. The van der Waals surface area contributed by atoms with Crippen LogP contribution in [0.1, 0.15) is 12.0 Å². The second-order valence-electron chi connectivity index (χ2n) is 5.01. The second-order valence-corrected chi connectivity index (χ2v) is 5.01. The summed E-state index contributed by atoms with van der Waals surface area (Å²) in [6, 6.07) is 9.75. The van der Waals surface area contributed by atoms with E-state index in [0.717, 1.165) is 51.3 Å². The van der Waals surface area contributed by atoms with Crippen LogP contribution in [-0.2, 0) is 11.3 Å². The molecule has 1 aliphatic heterocycles. The molecule has 2 N–H and O–H groups in total. The molecule has 0 spiro atoms. The van der Waals surface area contributed by atoms with E-state index in [1.807, 2.05) is 30.3 Å². The highest BCUT2D eigenvalue weighted by Crippen LogP contribution is 2.07. The van der Waals surface area contributed by atoms with E-state index >= 15 is 0 Å². The van der Waals surface area contributed by atoms with Crippen LogP contribution in [-0.4, -0.2) is 55.2 Å². The number of amides is 1. The zero-order valence-corrected chi connectivity index (χ0v) is 11.8. The Hall–Kier alpha value is -1.59. The fraction of sp³-hybridized carbons (Fsp3) is 0.533. The van der Waals surface area contributed by atoms with E-state index in [2.05, 4.69) is 4.90 Å². The van der Waals surface area contributed by atoms with Crippen molar-refractivity contribution in [2.45, 2.75) is 13.0 Å². The van der Waals surface area contributed by atoms with E-state index in [-0.39, 0.29) is 6.09 Å². The molecule has 20 heavy (non-hydrogen) atoms. The minimum atomic E-state index is -0.215. The van der Waals surface area contributed by atoms with E-state index in [1.165, 1.54) is 0 Å². The Morgan fingerprint density at radius 3 is 2.50 bits per heavy atom. The Morgan fingerprint density at radius 2 is 1.85 bits per heavy atom. The van der Waals surface area contributed by atoms with Crippen LogP contribution in [0.4, 0.5) is 4.79 Å². The number of nitrogens with two attached hydrogens (primary N) is 1. The molecule has 1 fully saturated rings.